The number of carbonyl (C=O) groups is 1. The van der Waals surface area contributed by atoms with Crippen LogP contribution < -0.4 is 5.32 Å². The largest absolute Gasteiger partial charge is 0.343 e. The Hall–Kier alpha value is -1.55. The van der Waals surface area contributed by atoms with Gasteiger partial charge in [0.15, 0.2) is 0 Å². The summed E-state index contributed by atoms with van der Waals surface area (Å²) in [6.45, 7) is 9.67. The molecule has 0 bridgehead atoms. The predicted octanol–water partition coefficient (Wildman–Crippen LogP) is 6.16. The number of likely N-dealkylation sites (tertiary alicyclic amines) is 1. The molecule has 1 N–H and O–H groups in total. The topological polar surface area (TPSA) is 29.1 Å². The van der Waals surface area contributed by atoms with Crippen LogP contribution in [-0.2, 0) is 6.42 Å². The van der Waals surface area contributed by atoms with E-state index in [4.69, 9.17) is 23.2 Å². The Labute approximate surface area is 197 Å². The van der Waals surface area contributed by atoms with Crippen molar-refractivity contribution in [2.24, 2.45) is 11.8 Å². The summed E-state index contributed by atoms with van der Waals surface area (Å²) in [6, 6.07) is 13.9. The van der Waals surface area contributed by atoms with Crippen molar-refractivity contribution in [3.63, 3.8) is 0 Å². The molecule has 5 heteroatoms. The summed E-state index contributed by atoms with van der Waals surface area (Å²) in [5.41, 5.74) is 3.17. The predicted molar refractivity (Wildman–Crippen MR) is 131 cm³/mol. The lowest BCUT2D eigenvalue weighted by atomic mass is 9.88. The molecule has 1 aliphatic heterocycles. The summed E-state index contributed by atoms with van der Waals surface area (Å²) in [7, 11) is 2.34. The second-order valence-corrected chi connectivity index (χ2v) is 10.6. The number of quaternary nitrogens is 1. The number of hydrogen-bond acceptors (Lipinski definition) is 1. The van der Waals surface area contributed by atoms with E-state index in [-0.39, 0.29) is 11.9 Å². The molecule has 3 rings (SSSR count). The number of carbonyl (C=O) groups excluding carboxylic acids is 1. The molecule has 0 saturated carbocycles. The number of hydrogen-bond donors (Lipinski definition) is 1. The Kier molecular flexibility index (Phi) is 8.07. The Bertz CT molecular complexity index is 887. The third-order valence-electron chi connectivity index (χ3n) is 6.74. The Morgan fingerprint density at radius 2 is 1.71 bits per heavy atom. The van der Waals surface area contributed by atoms with Crippen LogP contribution in [0.1, 0.15) is 48.2 Å². The monoisotopic (exact) mass is 461 g/mol. The van der Waals surface area contributed by atoms with Crippen molar-refractivity contribution in [1.29, 1.82) is 0 Å². The molecule has 31 heavy (non-hydrogen) atoms. The van der Waals surface area contributed by atoms with Crippen LogP contribution in [0, 0.1) is 18.8 Å². The zero-order chi connectivity index (χ0) is 22.6. The van der Waals surface area contributed by atoms with Gasteiger partial charge in [0, 0.05) is 5.56 Å². The fraction of sp³-hybridized carbons (Fsp3) is 0.500. The maximum absolute atomic E-state index is 12.8. The van der Waals surface area contributed by atoms with E-state index < -0.39 is 0 Å². The molecule has 1 atom stereocenters. The third-order valence-corrected chi connectivity index (χ3v) is 7.47. The molecule has 2 aromatic carbocycles. The van der Waals surface area contributed by atoms with Crippen LogP contribution in [-0.4, -0.2) is 43.1 Å². The molecule has 0 aliphatic carbocycles. The number of rotatable bonds is 7. The summed E-state index contributed by atoms with van der Waals surface area (Å²) in [5.74, 6) is 1.08. The van der Waals surface area contributed by atoms with E-state index in [9.17, 15) is 4.79 Å². The van der Waals surface area contributed by atoms with Gasteiger partial charge < -0.3 is 9.80 Å². The van der Waals surface area contributed by atoms with Crippen molar-refractivity contribution in [1.82, 2.24) is 5.32 Å². The van der Waals surface area contributed by atoms with Crippen LogP contribution >= 0.6 is 23.2 Å². The van der Waals surface area contributed by atoms with E-state index in [1.54, 1.807) is 0 Å². The van der Waals surface area contributed by atoms with Crippen LogP contribution in [0.5, 0.6) is 0 Å². The Morgan fingerprint density at radius 1 is 1.06 bits per heavy atom. The van der Waals surface area contributed by atoms with Crippen molar-refractivity contribution in [3.8, 4) is 0 Å². The van der Waals surface area contributed by atoms with Gasteiger partial charge in [-0.1, -0.05) is 60.8 Å². The van der Waals surface area contributed by atoms with Crippen LogP contribution in [0.15, 0.2) is 42.5 Å². The minimum absolute atomic E-state index is 0.0276. The highest BCUT2D eigenvalue weighted by Crippen LogP contribution is 2.29. The van der Waals surface area contributed by atoms with Crippen molar-refractivity contribution in [2.45, 2.75) is 46.1 Å². The first-order valence-electron chi connectivity index (χ1n) is 11.3. The molecule has 1 amide bonds. The number of nitrogens with zero attached hydrogens (tertiary/aromatic N) is 1. The standard InChI is InChI=1S/C26H34Cl2N2O/c1-18(2)25(29-26(31)22-8-5-19(3)6-9-22)17-30(4)13-11-20(12-14-30)15-21-7-10-23(27)24(28)16-21/h5-10,16,18,20,25H,11-15,17H2,1-4H3/p+1/t20?,25-,30?/m0/s1. The maximum Gasteiger partial charge on any atom is 0.251 e. The summed E-state index contributed by atoms with van der Waals surface area (Å²) in [5, 5.41) is 4.56. The van der Waals surface area contributed by atoms with Gasteiger partial charge in [0.05, 0.1) is 42.8 Å². The number of likely N-dealkylation sites (N-methyl/N-ethyl adjacent to an activating group) is 1. The zero-order valence-corrected chi connectivity index (χ0v) is 20.6. The van der Waals surface area contributed by atoms with E-state index in [0.29, 0.717) is 21.9 Å². The van der Waals surface area contributed by atoms with Crippen LogP contribution in [0.4, 0.5) is 0 Å². The van der Waals surface area contributed by atoms with Gasteiger partial charge in [0.1, 0.15) is 0 Å². The van der Waals surface area contributed by atoms with Crippen LogP contribution in [0.25, 0.3) is 0 Å². The molecule has 0 aromatic heterocycles. The highest BCUT2D eigenvalue weighted by molar-refractivity contribution is 6.42. The Balaban J connectivity index is 1.56. The number of benzene rings is 2. The first-order chi connectivity index (χ1) is 14.6. The fourth-order valence-corrected chi connectivity index (χ4v) is 4.81. The van der Waals surface area contributed by atoms with Gasteiger partial charge in [-0.05, 0) is 67.9 Å². The van der Waals surface area contributed by atoms with E-state index >= 15 is 0 Å². The smallest absolute Gasteiger partial charge is 0.251 e. The average Bonchev–Trinajstić information content (AvgIpc) is 2.72. The number of halogens is 2. The molecule has 3 nitrogen and oxygen atoms in total. The first kappa shape index (κ1) is 24.1. The van der Waals surface area contributed by atoms with Crippen molar-refractivity contribution >= 4 is 29.1 Å². The van der Waals surface area contributed by atoms with E-state index in [0.717, 1.165) is 36.1 Å². The molecule has 0 radical (unpaired) electrons. The fourth-order valence-electron chi connectivity index (χ4n) is 4.49. The lowest BCUT2D eigenvalue weighted by molar-refractivity contribution is -0.916. The van der Waals surface area contributed by atoms with Gasteiger partial charge in [-0.25, -0.2) is 0 Å². The van der Waals surface area contributed by atoms with Crippen molar-refractivity contribution < 1.29 is 9.28 Å². The molecular weight excluding hydrogens is 427 g/mol. The number of nitrogens with one attached hydrogen (secondary N) is 1. The van der Waals surface area contributed by atoms with Crippen LogP contribution in [0.2, 0.25) is 10.0 Å². The SMILES string of the molecule is Cc1ccc(C(=O)N[C@@H](C[N+]2(C)CCC(Cc3ccc(Cl)c(Cl)c3)CC2)C(C)C)cc1. The summed E-state index contributed by atoms with van der Waals surface area (Å²) in [4.78, 5) is 12.8. The lowest BCUT2D eigenvalue weighted by Gasteiger charge is -2.43. The lowest BCUT2D eigenvalue weighted by Crippen LogP contribution is -2.58. The van der Waals surface area contributed by atoms with Crippen molar-refractivity contribution in [3.05, 3.63) is 69.2 Å². The quantitative estimate of drug-likeness (QED) is 0.491. The maximum atomic E-state index is 12.8. The third kappa shape index (κ3) is 6.71. The van der Waals surface area contributed by atoms with Gasteiger partial charge in [-0.3, -0.25) is 4.79 Å². The van der Waals surface area contributed by atoms with Gasteiger partial charge >= 0.3 is 0 Å². The summed E-state index contributed by atoms with van der Waals surface area (Å²) in [6.07, 6.45) is 3.43. The summed E-state index contributed by atoms with van der Waals surface area (Å²) >= 11 is 12.2. The zero-order valence-electron chi connectivity index (χ0n) is 19.1. The molecule has 1 aliphatic rings. The molecule has 2 aromatic rings. The van der Waals surface area contributed by atoms with Crippen molar-refractivity contribution in [2.75, 3.05) is 26.7 Å². The highest BCUT2D eigenvalue weighted by atomic mass is 35.5. The normalized spacial score (nSPS) is 22.4. The van der Waals surface area contributed by atoms with Gasteiger partial charge in [-0.2, -0.15) is 0 Å². The molecule has 1 fully saturated rings. The Morgan fingerprint density at radius 3 is 2.29 bits per heavy atom. The molecule has 0 unspecified atom stereocenters. The minimum Gasteiger partial charge on any atom is -0.343 e. The molecule has 1 saturated heterocycles. The van der Waals surface area contributed by atoms with E-state index in [1.165, 1.54) is 24.0 Å². The molecular formula is C26H35Cl2N2O+. The minimum atomic E-state index is 0.0276. The first-order valence-corrected chi connectivity index (χ1v) is 12.1. The molecule has 168 valence electrons. The van der Waals surface area contributed by atoms with E-state index in [1.807, 2.05) is 43.3 Å². The molecule has 0 spiro atoms. The average molecular weight is 462 g/mol. The highest BCUT2D eigenvalue weighted by Gasteiger charge is 2.34. The number of amides is 1. The van der Waals surface area contributed by atoms with E-state index in [2.05, 4.69) is 32.3 Å². The van der Waals surface area contributed by atoms with Gasteiger partial charge in [-0.15, -0.1) is 0 Å². The second-order valence-electron chi connectivity index (χ2n) is 9.84. The number of aryl methyl sites for hydroxylation is 1. The second kappa shape index (κ2) is 10.4. The molecule has 1 heterocycles. The van der Waals surface area contributed by atoms with Gasteiger partial charge in [0.2, 0.25) is 0 Å². The number of piperidine rings is 1. The van der Waals surface area contributed by atoms with Crippen LogP contribution in [0.3, 0.4) is 0 Å². The summed E-state index contributed by atoms with van der Waals surface area (Å²) < 4.78 is 1.01. The van der Waals surface area contributed by atoms with Gasteiger partial charge in [0.25, 0.3) is 5.91 Å².